The molecule has 3 saturated heterocycles. The summed E-state index contributed by atoms with van der Waals surface area (Å²) < 4.78 is 14.0. The van der Waals surface area contributed by atoms with Crippen LogP contribution in [0.3, 0.4) is 0 Å². The number of aliphatic hydroxyl groups is 1. The van der Waals surface area contributed by atoms with Crippen LogP contribution in [0.2, 0.25) is 0 Å². The molecule has 2 amide bonds. The molecule has 5 atom stereocenters. The Kier molecular flexibility index (Phi) is 13.2. The van der Waals surface area contributed by atoms with E-state index in [9.17, 15) is 24.6 Å². The van der Waals surface area contributed by atoms with Crippen LogP contribution in [0.1, 0.15) is 83.5 Å². The number of likely N-dealkylation sites (N-methyl/N-ethyl adjacent to an activating group) is 1. The van der Waals surface area contributed by atoms with Gasteiger partial charge in [0.25, 0.3) is 5.91 Å². The zero-order chi connectivity index (χ0) is 44.0. The number of methoxy groups -OCH3 is 1. The van der Waals surface area contributed by atoms with E-state index in [1.165, 1.54) is 33.3 Å². The Morgan fingerprint density at radius 2 is 1.82 bits per heavy atom. The van der Waals surface area contributed by atoms with Crippen LogP contribution in [0.15, 0.2) is 35.4 Å². The zero-order valence-corrected chi connectivity index (χ0v) is 38.1. The predicted octanol–water partition coefficient (Wildman–Crippen LogP) is 4.58. The molecule has 5 aliphatic rings. The summed E-state index contributed by atoms with van der Waals surface area (Å²) in [7, 11) is 3.95. The molecule has 2 bridgehead atoms. The summed E-state index contributed by atoms with van der Waals surface area (Å²) in [6.07, 6.45) is 3.62. The molecule has 8 rings (SSSR count). The SMILES string of the molecule is CCn1c(C2C=C(N3CCN(C)CC3)CN[C@@H]2[C@H](C)OC)c(CC(C)(C)CO)c2cc(-c3csc(C[C@H](NC(=O)OC(C)(C)C)C(=O)N4NC(C(=O)O)C5CC4C5)n3)ccc21. The van der Waals surface area contributed by atoms with Gasteiger partial charge >= 0.3 is 12.1 Å². The second-order valence-corrected chi connectivity index (χ2v) is 20.2. The van der Waals surface area contributed by atoms with Crippen LogP contribution >= 0.6 is 11.3 Å². The standard InChI is InChI=1S/C45H66N8O7S/c1-10-52-36-12-11-27(35-24-61-37(47-35)21-34(48-43(58)60-44(3,4)5)41(55)53-29-17-28(18-29)39(49-53)42(56)57)19-31(36)33(22-45(6,7)25-54)40(52)32-20-30(23-46-38(32)26(2)59-9)51-15-13-50(8)14-16-51/h11-12,19-20,24,26,28-29,32,34,38-39,46,49,54H,10,13-18,21-23,25H2,1-9H3,(H,48,58)(H,56,57)/t26-,28?,29?,32?,34-,38+,39?/m0/s1. The highest BCUT2D eigenvalue weighted by molar-refractivity contribution is 7.10. The van der Waals surface area contributed by atoms with Crippen LogP contribution in [0.25, 0.3) is 22.2 Å². The first-order chi connectivity index (χ1) is 28.9. The molecule has 1 aromatic carbocycles. The van der Waals surface area contributed by atoms with Gasteiger partial charge in [0.1, 0.15) is 17.7 Å². The Labute approximate surface area is 363 Å². The van der Waals surface area contributed by atoms with Crippen molar-refractivity contribution in [3.8, 4) is 11.3 Å². The number of amides is 2. The Hall–Kier alpha value is -4.06. The van der Waals surface area contributed by atoms with E-state index in [1.54, 1.807) is 27.9 Å². The minimum Gasteiger partial charge on any atom is -0.480 e. The van der Waals surface area contributed by atoms with Crippen molar-refractivity contribution in [1.82, 2.24) is 40.4 Å². The average Bonchev–Trinajstić information content (AvgIpc) is 3.80. The third-order valence-corrected chi connectivity index (χ3v) is 13.8. The summed E-state index contributed by atoms with van der Waals surface area (Å²) in [5.74, 6) is -1.46. The molecule has 15 nitrogen and oxygen atoms in total. The highest BCUT2D eigenvalue weighted by Gasteiger charge is 2.50. The van der Waals surface area contributed by atoms with Crippen molar-refractivity contribution in [2.45, 2.75) is 122 Å². The lowest BCUT2D eigenvalue weighted by Crippen LogP contribution is -2.71. The van der Waals surface area contributed by atoms with E-state index in [-0.39, 0.29) is 43.1 Å². The molecule has 2 unspecified atom stereocenters. The van der Waals surface area contributed by atoms with Gasteiger partial charge in [-0.1, -0.05) is 26.0 Å². The van der Waals surface area contributed by atoms with Crippen molar-refractivity contribution in [3.05, 3.63) is 51.6 Å². The fourth-order valence-electron chi connectivity index (χ4n) is 9.43. The van der Waals surface area contributed by atoms with E-state index in [2.05, 4.69) is 89.4 Å². The number of fused-ring (bicyclic) bond motifs is 3. The number of rotatable bonds is 14. The summed E-state index contributed by atoms with van der Waals surface area (Å²) in [4.78, 5) is 49.2. The number of aliphatic hydroxyl groups excluding tert-OH is 1. The lowest BCUT2D eigenvalue weighted by molar-refractivity contribution is -0.165. The number of thiazole rings is 1. The summed E-state index contributed by atoms with van der Waals surface area (Å²) in [6.45, 7) is 19.4. The number of alkyl carbamates (subject to hydrolysis) is 1. The Bertz CT molecular complexity index is 2110. The highest BCUT2D eigenvalue weighted by atomic mass is 32.1. The molecule has 4 fully saturated rings. The highest BCUT2D eigenvalue weighted by Crippen LogP contribution is 2.42. The Morgan fingerprint density at radius 1 is 1.10 bits per heavy atom. The molecule has 2 aromatic heterocycles. The third-order valence-electron chi connectivity index (χ3n) is 13.0. The molecule has 3 aromatic rings. The predicted molar refractivity (Wildman–Crippen MR) is 236 cm³/mol. The molecular formula is C45H66N8O7S. The van der Waals surface area contributed by atoms with Gasteiger partial charge in [-0.15, -0.1) is 11.3 Å². The topological polar surface area (TPSA) is 174 Å². The second kappa shape index (κ2) is 18.0. The van der Waals surface area contributed by atoms with Gasteiger partial charge in [-0.05, 0) is 90.0 Å². The maximum Gasteiger partial charge on any atom is 0.408 e. The quantitative estimate of drug-likeness (QED) is 0.153. The van der Waals surface area contributed by atoms with Gasteiger partial charge in [-0.3, -0.25) is 14.6 Å². The number of piperazine rings is 1. The van der Waals surface area contributed by atoms with Gasteiger partial charge in [-0.25, -0.2) is 15.2 Å². The van der Waals surface area contributed by atoms with Gasteiger partial charge in [0, 0.05) is 111 Å². The van der Waals surface area contributed by atoms with Crippen molar-refractivity contribution in [2.75, 3.05) is 53.5 Å². The maximum atomic E-state index is 14.1. The zero-order valence-electron chi connectivity index (χ0n) is 37.3. The average molecular weight is 863 g/mol. The normalized spacial score (nSPS) is 24.6. The maximum absolute atomic E-state index is 14.1. The molecular weight excluding hydrogens is 797 g/mol. The number of aromatic nitrogens is 2. The third kappa shape index (κ3) is 9.64. The minimum atomic E-state index is -1.04. The van der Waals surface area contributed by atoms with Crippen molar-refractivity contribution >= 4 is 40.2 Å². The number of carbonyl (C=O) groups excluding carboxylic acids is 2. The largest absolute Gasteiger partial charge is 0.480 e. The fourth-order valence-corrected chi connectivity index (χ4v) is 10.3. The summed E-state index contributed by atoms with van der Waals surface area (Å²) in [5.41, 5.74) is 8.25. The fraction of sp³-hybridized carbons (Fsp3) is 0.644. The molecule has 0 radical (unpaired) electrons. The monoisotopic (exact) mass is 862 g/mol. The minimum absolute atomic E-state index is 0.00228. The van der Waals surface area contributed by atoms with E-state index in [4.69, 9.17) is 14.5 Å². The number of ether oxygens (including phenoxy) is 2. The molecule has 16 heteroatoms. The molecule has 5 N–H and O–H groups in total. The number of hydrazine groups is 1. The van der Waals surface area contributed by atoms with Crippen LogP contribution in [0.4, 0.5) is 4.79 Å². The van der Waals surface area contributed by atoms with Crippen LogP contribution in [0, 0.1) is 11.3 Å². The number of nitrogens with zero attached hydrogens (tertiary/aromatic N) is 5. The van der Waals surface area contributed by atoms with Crippen molar-refractivity contribution < 1.29 is 34.1 Å². The molecule has 1 aliphatic carbocycles. The number of benzene rings is 1. The summed E-state index contributed by atoms with van der Waals surface area (Å²) >= 11 is 1.41. The van der Waals surface area contributed by atoms with Gasteiger partial charge in [0.15, 0.2) is 0 Å². The molecule has 6 heterocycles. The van der Waals surface area contributed by atoms with Gasteiger partial charge < -0.3 is 44.7 Å². The molecule has 1 saturated carbocycles. The number of hydrogen-bond donors (Lipinski definition) is 5. The molecule has 334 valence electrons. The van der Waals surface area contributed by atoms with Crippen LogP contribution in [-0.2, 0) is 38.4 Å². The lowest BCUT2D eigenvalue weighted by atomic mass is 9.73. The second-order valence-electron chi connectivity index (χ2n) is 19.2. The number of aryl methyl sites for hydroxylation is 1. The summed E-state index contributed by atoms with van der Waals surface area (Å²) in [5, 5.41) is 32.2. The van der Waals surface area contributed by atoms with Crippen LogP contribution < -0.4 is 16.1 Å². The number of hydrogen-bond acceptors (Lipinski definition) is 12. The number of carbonyl (C=O) groups is 3. The first-order valence-corrected chi connectivity index (χ1v) is 22.7. The van der Waals surface area contributed by atoms with Crippen LogP contribution in [-0.4, -0.2) is 142 Å². The van der Waals surface area contributed by atoms with Crippen LogP contribution in [0.5, 0.6) is 0 Å². The van der Waals surface area contributed by atoms with E-state index < -0.39 is 41.1 Å². The van der Waals surface area contributed by atoms with E-state index in [0.717, 1.165) is 61.4 Å². The number of carboxylic acid groups (broad SMARTS) is 1. The number of nitrogens with one attached hydrogen (secondary N) is 3. The van der Waals surface area contributed by atoms with E-state index >= 15 is 0 Å². The van der Waals surface area contributed by atoms with Crippen molar-refractivity contribution in [3.63, 3.8) is 0 Å². The number of aliphatic carboxylic acids is 1. The van der Waals surface area contributed by atoms with Gasteiger partial charge in [0.2, 0.25) is 0 Å². The van der Waals surface area contributed by atoms with Crippen molar-refractivity contribution in [1.29, 1.82) is 0 Å². The first kappa shape index (κ1) is 45.0. The van der Waals surface area contributed by atoms with Gasteiger partial charge in [-0.2, -0.15) is 0 Å². The number of carboxylic acids is 1. The molecule has 61 heavy (non-hydrogen) atoms. The first-order valence-electron chi connectivity index (χ1n) is 21.8. The van der Waals surface area contributed by atoms with Gasteiger partial charge in [0.05, 0.1) is 16.8 Å². The van der Waals surface area contributed by atoms with E-state index in [1.807, 2.05) is 5.38 Å². The smallest absolute Gasteiger partial charge is 0.408 e. The molecule has 4 aliphatic heterocycles. The Balaban J connectivity index is 1.25. The molecule has 0 spiro atoms. The summed E-state index contributed by atoms with van der Waals surface area (Å²) in [6, 6.07) is 4.44. The lowest BCUT2D eigenvalue weighted by Gasteiger charge is -2.52. The van der Waals surface area contributed by atoms with Crippen molar-refractivity contribution in [2.24, 2.45) is 11.3 Å². The Morgan fingerprint density at radius 3 is 2.46 bits per heavy atom. The van der Waals surface area contributed by atoms with E-state index in [0.29, 0.717) is 24.3 Å².